The van der Waals surface area contributed by atoms with Crippen LogP contribution in [0.2, 0.25) is 0 Å². The standard InChI is InChI=1S/C12H17N3O2/c1-7-6-9(7)14-12(16)15-11-10(17-3)5-4-8(2)13-11/h4-5,7,9H,6H2,1-3H3,(H2,13,14,15,16)/t7-,9+/m1/s1. The summed E-state index contributed by atoms with van der Waals surface area (Å²) < 4.78 is 5.14. The van der Waals surface area contributed by atoms with Gasteiger partial charge >= 0.3 is 6.03 Å². The molecule has 0 aliphatic heterocycles. The number of anilines is 1. The summed E-state index contributed by atoms with van der Waals surface area (Å²) in [5, 5.41) is 5.59. The van der Waals surface area contributed by atoms with Gasteiger partial charge in [-0.15, -0.1) is 0 Å². The number of carbonyl (C=O) groups excluding carboxylic acids is 1. The van der Waals surface area contributed by atoms with Crippen molar-refractivity contribution in [1.29, 1.82) is 0 Å². The molecule has 0 bridgehead atoms. The summed E-state index contributed by atoms with van der Waals surface area (Å²) in [4.78, 5) is 15.9. The highest BCUT2D eigenvalue weighted by molar-refractivity contribution is 5.90. The third kappa shape index (κ3) is 2.87. The summed E-state index contributed by atoms with van der Waals surface area (Å²) in [7, 11) is 1.55. The van der Waals surface area contributed by atoms with Gasteiger partial charge in [0.15, 0.2) is 11.6 Å². The Morgan fingerprint density at radius 2 is 2.24 bits per heavy atom. The number of nitrogens with one attached hydrogen (secondary N) is 2. The van der Waals surface area contributed by atoms with E-state index in [1.54, 1.807) is 13.2 Å². The molecule has 0 radical (unpaired) electrons. The quantitative estimate of drug-likeness (QED) is 0.841. The van der Waals surface area contributed by atoms with Crippen LogP contribution >= 0.6 is 0 Å². The van der Waals surface area contributed by atoms with Crippen LogP contribution in [0.15, 0.2) is 12.1 Å². The van der Waals surface area contributed by atoms with Crippen LogP contribution in [0.3, 0.4) is 0 Å². The van der Waals surface area contributed by atoms with Crippen LogP contribution in [0.1, 0.15) is 19.0 Å². The molecule has 1 aliphatic rings. The molecule has 2 atom stereocenters. The molecule has 0 spiro atoms. The minimum atomic E-state index is -0.226. The molecule has 2 N–H and O–H groups in total. The van der Waals surface area contributed by atoms with E-state index in [1.165, 1.54) is 0 Å². The molecule has 1 aromatic rings. The van der Waals surface area contributed by atoms with Gasteiger partial charge in [-0.1, -0.05) is 6.92 Å². The average Bonchev–Trinajstić information content (AvgIpc) is 2.94. The topological polar surface area (TPSA) is 63.2 Å². The van der Waals surface area contributed by atoms with E-state index in [0.717, 1.165) is 12.1 Å². The van der Waals surface area contributed by atoms with E-state index in [9.17, 15) is 4.79 Å². The first-order chi connectivity index (χ1) is 8.10. The van der Waals surface area contributed by atoms with Crippen molar-refractivity contribution in [3.8, 4) is 5.75 Å². The molecule has 0 aromatic carbocycles. The highest BCUT2D eigenvalue weighted by Gasteiger charge is 2.33. The van der Waals surface area contributed by atoms with Gasteiger partial charge in [-0.2, -0.15) is 0 Å². The maximum absolute atomic E-state index is 11.7. The number of pyridine rings is 1. The Hall–Kier alpha value is -1.78. The number of carbonyl (C=O) groups is 1. The SMILES string of the molecule is COc1ccc(C)nc1NC(=O)N[C@H]1C[C@H]1C. The number of methoxy groups -OCH3 is 1. The zero-order chi connectivity index (χ0) is 12.4. The molecule has 1 fully saturated rings. The summed E-state index contributed by atoms with van der Waals surface area (Å²) >= 11 is 0. The summed E-state index contributed by atoms with van der Waals surface area (Å²) in [5.74, 6) is 1.60. The predicted octanol–water partition coefficient (Wildman–Crippen LogP) is 1.93. The Bertz CT molecular complexity index is 434. The lowest BCUT2D eigenvalue weighted by atomic mass is 10.3. The average molecular weight is 235 g/mol. The van der Waals surface area contributed by atoms with Crippen molar-refractivity contribution in [3.63, 3.8) is 0 Å². The molecule has 1 heterocycles. The smallest absolute Gasteiger partial charge is 0.320 e. The fraction of sp³-hybridized carbons (Fsp3) is 0.500. The van der Waals surface area contributed by atoms with Gasteiger partial charge in [-0.05, 0) is 31.4 Å². The van der Waals surface area contributed by atoms with Crippen LogP contribution in [0.4, 0.5) is 10.6 Å². The highest BCUT2D eigenvalue weighted by Crippen LogP contribution is 2.29. The largest absolute Gasteiger partial charge is 0.493 e. The molecular formula is C12H17N3O2. The minimum Gasteiger partial charge on any atom is -0.493 e. The Morgan fingerprint density at radius 3 is 2.82 bits per heavy atom. The number of hydrogen-bond acceptors (Lipinski definition) is 3. The fourth-order valence-electron chi connectivity index (χ4n) is 1.63. The van der Waals surface area contributed by atoms with Crippen LogP contribution in [-0.2, 0) is 0 Å². The monoisotopic (exact) mass is 235 g/mol. The Kier molecular flexibility index (Phi) is 3.17. The number of urea groups is 1. The van der Waals surface area contributed by atoms with E-state index in [1.807, 2.05) is 13.0 Å². The molecular weight excluding hydrogens is 218 g/mol. The lowest BCUT2D eigenvalue weighted by molar-refractivity contribution is 0.251. The number of nitrogens with zero attached hydrogens (tertiary/aromatic N) is 1. The van der Waals surface area contributed by atoms with Crippen LogP contribution in [0.5, 0.6) is 5.75 Å². The summed E-state index contributed by atoms with van der Waals surface area (Å²) in [6.45, 7) is 3.97. The molecule has 2 rings (SSSR count). The van der Waals surface area contributed by atoms with Gasteiger partial charge in [0.1, 0.15) is 0 Å². The zero-order valence-corrected chi connectivity index (χ0v) is 10.3. The minimum absolute atomic E-state index is 0.226. The number of ether oxygens (including phenoxy) is 1. The lowest BCUT2D eigenvalue weighted by Crippen LogP contribution is -2.31. The fourth-order valence-corrected chi connectivity index (χ4v) is 1.63. The first-order valence-corrected chi connectivity index (χ1v) is 5.69. The third-order valence-electron chi connectivity index (χ3n) is 2.88. The van der Waals surface area contributed by atoms with Gasteiger partial charge in [0.25, 0.3) is 0 Å². The van der Waals surface area contributed by atoms with Gasteiger partial charge in [-0.3, -0.25) is 5.32 Å². The molecule has 5 heteroatoms. The van der Waals surface area contributed by atoms with Crippen molar-refractivity contribution in [2.24, 2.45) is 5.92 Å². The van der Waals surface area contributed by atoms with E-state index in [4.69, 9.17) is 4.74 Å². The van der Waals surface area contributed by atoms with Gasteiger partial charge in [0.05, 0.1) is 7.11 Å². The van der Waals surface area contributed by atoms with E-state index < -0.39 is 0 Å². The van der Waals surface area contributed by atoms with Crippen LogP contribution < -0.4 is 15.4 Å². The molecule has 17 heavy (non-hydrogen) atoms. The number of rotatable bonds is 3. The van der Waals surface area contributed by atoms with Crippen molar-refractivity contribution in [2.45, 2.75) is 26.3 Å². The van der Waals surface area contributed by atoms with Crippen LogP contribution in [0, 0.1) is 12.8 Å². The summed E-state index contributed by atoms with van der Waals surface area (Å²) in [5.41, 5.74) is 0.834. The Morgan fingerprint density at radius 1 is 1.53 bits per heavy atom. The van der Waals surface area contributed by atoms with Crippen molar-refractivity contribution < 1.29 is 9.53 Å². The molecule has 1 aromatic heterocycles. The number of aryl methyl sites for hydroxylation is 1. The maximum atomic E-state index is 11.7. The second-order valence-corrected chi connectivity index (χ2v) is 4.42. The van der Waals surface area contributed by atoms with Gasteiger partial charge in [0.2, 0.25) is 0 Å². The highest BCUT2D eigenvalue weighted by atomic mass is 16.5. The van der Waals surface area contributed by atoms with E-state index in [0.29, 0.717) is 23.5 Å². The van der Waals surface area contributed by atoms with E-state index in [2.05, 4.69) is 22.5 Å². The van der Waals surface area contributed by atoms with Crippen molar-refractivity contribution in [3.05, 3.63) is 17.8 Å². The number of amides is 2. The summed E-state index contributed by atoms with van der Waals surface area (Å²) in [6, 6.07) is 3.70. The Labute approximate surface area is 101 Å². The molecule has 5 nitrogen and oxygen atoms in total. The van der Waals surface area contributed by atoms with Gasteiger partial charge in [0, 0.05) is 11.7 Å². The lowest BCUT2D eigenvalue weighted by Gasteiger charge is -2.10. The van der Waals surface area contributed by atoms with Crippen molar-refractivity contribution in [2.75, 3.05) is 12.4 Å². The molecule has 0 unspecified atom stereocenters. The summed E-state index contributed by atoms with van der Waals surface area (Å²) in [6.07, 6.45) is 1.05. The molecule has 92 valence electrons. The first-order valence-electron chi connectivity index (χ1n) is 5.69. The molecule has 0 saturated heterocycles. The second-order valence-electron chi connectivity index (χ2n) is 4.42. The van der Waals surface area contributed by atoms with E-state index in [-0.39, 0.29) is 6.03 Å². The van der Waals surface area contributed by atoms with Crippen LogP contribution in [-0.4, -0.2) is 24.2 Å². The van der Waals surface area contributed by atoms with Crippen molar-refractivity contribution >= 4 is 11.8 Å². The molecule has 1 saturated carbocycles. The first kappa shape index (κ1) is 11.7. The van der Waals surface area contributed by atoms with Crippen molar-refractivity contribution in [1.82, 2.24) is 10.3 Å². The molecule has 2 amide bonds. The third-order valence-corrected chi connectivity index (χ3v) is 2.88. The number of aromatic nitrogens is 1. The zero-order valence-electron chi connectivity index (χ0n) is 10.3. The normalized spacial score (nSPS) is 21.8. The second kappa shape index (κ2) is 4.61. The van der Waals surface area contributed by atoms with Gasteiger partial charge < -0.3 is 10.1 Å². The van der Waals surface area contributed by atoms with Gasteiger partial charge in [-0.25, -0.2) is 9.78 Å². The Balaban J connectivity index is 2.01. The number of hydrogen-bond donors (Lipinski definition) is 2. The molecule has 1 aliphatic carbocycles. The van der Waals surface area contributed by atoms with E-state index >= 15 is 0 Å². The predicted molar refractivity (Wildman–Crippen MR) is 65.2 cm³/mol. The van der Waals surface area contributed by atoms with Crippen LogP contribution in [0.25, 0.3) is 0 Å². The maximum Gasteiger partial charge on any atom is 0.320 e.